The average Bonchev–Trinajstić information content (AvgIpc) is 2.86. The van der Waals surface area contributed by atoms with E-state index in [2.05, 4.69) is 73.4 Å². The Balaban J connectivity index is 0.00000144. The Kier molecular flexibility index (Phi) is 6.77. The van der Waals surface area contributed by atoms with Crippen LogP contribution in [0.4, 0.5) is 0 Å². The molecule has 2 aliphatic carbocycles. The van der Waals surface area contributed by atoms with Crippen LogP contribution in [-0.4, -0.2) is 12.1 Å². The fraction of sp³-hybridized carbons (Fsp3) is 0.400. The number of hydrogen-bond acceptors (Lipinski definition) is 0. The monoisotopic (exact) mass is 504 g/mol. The Bertz CT molecular complexity index is 824. The van der Waals surface area contributed by atoms with E-state index in [4.69, 9.17) is 0 Å². The van der Waals surface area contributed by atoms with Crippen molar-refractivity contribution in [2.45, 2.75) is 40.6 Å². The van der Waals surface area contributed by atoms with E-state index >= 15 is 0 Å². The van der Waals surface area contributed by atoms with Crippen LogP contribution in [0.1, 0.15) is 42.4 Å². The molecule has 2 atom stereocenters. The van der Waals surface area contributed by atoms with Crippen LogP contribution in [0.3, 0.4) is 0 Å². The van der Waals surface area contributed by atoms with Gasteiger partial charge >= 0.3 is 142 Å². The van der Waals surface area contributed by atoms with Crippen molar-refractivity contribution < 1.29 is 15.7 Å². The largest absolute Gasteiger partial charge is 0.147 e. The third-order valence-electron chi connectivity index (χ3n) is 5.91. The molecule has 0 aliphatic heterocycles. The topological polar surface area (TPSA) is 0 Å². The van der Waals surface area contributed by atoms with Crippen LogP contribution in [0, 0.1) is 5.92 Å². The van der Waals surface area contributed by atoms with Crippen molar-refractivity contribution in [3.8, 4) is 0 Å². The number of hydrogen-bond donors (Lipinski definition) is 0. The Morgan fingerprint density at radius 2 is 1.58 bits per heavy atom. The first kappa shape index (κ1) is 22.5. The first-order valence-electron chi connectivity index (χ1n) is 8.36. The Morgan fingerprint density at radius 3 is 2.12 bits per heavy atom. The van der Waals surface area contributed by atoms with Gasteiger partial charge in [-0.25, -0.2) is 0 Å². The molecule has 0 nitrogen and oxygen atoms in total. The summed E-state index contributed by atoms with van der Waals surface area (Å²) in [6.07, 6.45) is 4.95. The summed E-state index contributed by atoms with van der Waals surface area (Å²) in [6.45, 7) is 9.47. The molecule has 0 spiro atoms. The van der Waals surface area contributed by atoms with Gasteiger partial charge in [0, 0.05) is 0 Å². The van der Waals surface area contributed by atoms with E-state index in [9.17, 15) is 0 Å². The molecule has 0 aromatic heterocycles. The predicted molar refractivity (Wildman–Crippen MR) is 113 cm³/mol. The second kappa shape index (κ2) is 7.22. The van der Waals surface area contributed by atoms with E-state index < -0.39 is 15.7 Å². The molecule has 0 saturated heterocycles. The van der Waals surface area contributed by atoms with Crippen molar-refractivity contribution in [2.75, 3.05) is 0 Å². The summed E-state index contributed by atoms with van der Waals surface area (Å²) in [5.74, 6) is 0.648. The molecule has 2 aliphatic rings. The first-order valence-corrected chi connectivity index (χ1v) is 26.4. The van der Waals surface area contributed by atoms with Crippen LogP contribution >= 0.6 is 24.8 Å². The third kappa shape index (κ3) is 3.36. The van der Waals surface area contributed by atoms with Gasteiger partial charge in [-0.2, -0.15) is 0 Å². The van der Waals surface area contributed by atoms with E-state index in [-0.39, 0.29) is 24.8 Å². The quantitative estimate of drug-likeness (QED) is 0.421. The first-order chi connectivity index (χ1) is 10.1. The molecule has 0 heterocycles. The predicted octanol–water partition coefficient (Wildman–Crippen LogP) is 6.19. The van der Waals surface area contributed by atoms with E-state index in [1.54, 1.807) is 16.7 Å². The summed E-state index contributed by atoms with van der Waals surface area (Å²) in [4.78, 5) is 0. The fourth-order valence-corrected chi connectivity index (χ4v) is 34.4. The fourth-order valence-electron chi connectivity index (χ4n) is 5.36. The third-order valence-corrected chi connectivity index (χ3v) is 28.5. The molecule has 0 saturated carbocycles. The van der Waals surface area contributed by atoms with Gasteiger partial charge in [0.25, 0.3) is 0 Å². The molecule has 0 radical (unpaired) electrons. The van der Waals surface area contributed by atoms with Gasteiger partial charge in [-0.1, -0.05) is 0 Å². The van der Waals surface area contributed by atoms with Crippen molar-refractivity contribution in [3.63, 3.8) is 0 Å². The minimum absolute atomic E-state index is 0. The van der Waals surface area contributed by atoms with Gasteiger partial charge in [0.1, 0.15) is 0 Å². The Labute approximate surface area is 165 Å². The maximum Gasteiger partial charge on any atom is -0.147 e. The molecule has 0 bridgehead atoms. The molecule has 0 amide bonds. The van der Waals surface area contributed by atoms with Gasteiger partial charge in [-0.3, -0.25) is 0 Å². The molecule has 1 aromatic rings. The molecule has 0 fully saturated rings. The van der Waals surface area contributed by atoms with Gasteiger partial charge in [0.05, 0.1) is 0 Å². The van der Waals surface area contributed by atoms with Gasteiger partial charge in [0.15, 0.2) is 0 Å². The van der Waals surface area contributed by atoms with Crippen LogP contribution in [0.15, 0.2) is 50.3 Å². The minimum atomic E-state index is -2.99. The number of fused-ring (bicyclic) bond motifs is 1. The second-order valence-electron chi connectivity index (χ2n) is 8.44. The van der Waals surface area contributed by atoms with Crippen molar-refractivity contribution >= 4 is 43.0 Å². The standard InChI is InChI=1S/C10H9.C8H11.2CH3.2ClH.GeH2.Zr/c1-8-6-9-4-2-3-5-10(9)7-8;1-6-4-7(2)8(3)5-6;;;;;;/h2-7H,1H3;4,6H,1-3H3;2*1H3;2*1H;1H2;. The number of benzene rings is 1. The molecule has 132 valence electrons. The molecule has 0 N–H and O–H groups in total. The number of halogens is 2. The van der Waals surface area contributed by atoms with E-state index in [1.807, 2.05) is 3.28 Å². The maximum absolute atomic E-state index is 2.99. The smallest absolute Gasteiger partial charge is 0.147 e. The van der Waals surface area contributed by atoms with Gasteiger partial charge in [-0.05, 0) is 0 Å². The number of allylic oxidation sites excluding steroid dienone is 5. The molecule has 3 rings (SSSR count). The molecule has 1 aromatic carbocycles. The van der Waals surface area contributed by atoms with Crippen molar-refractivity contribution in [1.82, 2.24) is 0 Å². The van der Waals surface area contributed by atoms with Crippen LogP contribution in [0.2, 0.25) is 9.26 Å². The summed E-state index contributed by atoms with van der Waals surface area (Å²) in [6, 6.07) is 9.10. The van der Waals surface area contributed by atoms with Crippen LogP contribution < -0.4 is 0 Å². The summed E-state index contributed by atoms with van der Waals surface area (Å²) in [7, 11) is 0. The summed E-state index contributed by atoms with van der Waals surface area (Å²) < 4.78 is 8.01. The van der Waals surface area contributed by atoms with Crippen LogP contribution in [0.25, 0.3) is 6.08 Å². The van der Waals surface area contributed by atoms with E-state index in [0.29, 0.717) is 9.54 Å². The van der Waals surface area contributed by atoms with E-state index in [0.717, 1.165) is 0 Å². The zero-order valence-corrected chi connectivity index (χ0v) is 22.7. The van der Waals surface area contributed by atoms with Crippen molar-refractivity contribution in [1.29, 1.82) is 0 Å². The summed E-state index contributed by atoms with van der Waals surface area (Å²) in [5.41, 5.74) is 7.83. The molecular formula is C20H30Cl2GeZr. The molecule has 24 heavy (non-hydrogen) atoms. The molecule has 2 unspecified atom stereocenters. The zero-order chi connectivity index (χ0) is 16.3. The van der Waals surface area contributed by atoms with Gasteiger partial charge in [0.2, 0.25) is 0 Å². The summed E-state index contributed by atoms with van der Waals surface area (Å²) >= 11 is -1.51. The number of rotatable bonds is 2. The van der Waals surface area contributed by atoms with E-state index in [1.165, 1.54) is 23.3 Å². The van der Waals surface area contributed by atoms with Crippen molar-refractivity contribution in [3.05, 3.63) is 61.5 Å². The maximum atomic E-state index is 2.72. The normalized spacial score (nSPS) is 23.1. The SMILES string of the molecule is CC1=CC(C)[C]([Zr]([CH3])([CH3])(=[GeH2])[CH]2C(C)=Cc3ccccc32)=C1C.Cl.Cl. The molecule has 4 heteroatoms. The van der Waals surface area contributed by atoms with Crippen LogP contribution in [-0.2, 0) is 15.7 Å². The van der Waals surface area contributed by atoms with Crippen molar-refractivity contribution in [2.24, 2.45) is 5.92 Å². The Morgan fingerprint density at radius 1 is 1.00 bits per heavy atom. The minimum Gasteiger partial charge on any atom is -0.147 e. The Hall–Kier alpha value is 0.446. The van der Waals surface area contributed by atoms with Crippen LogP contribution in [0.5, 0.6) is 0 Å². The average molecular weight is 505 g/mol. The second-order valence-corrected chi connectivity index (χ2v) is 52.0. The van der Waals surface area contributed by atoms with Gasteiger partial charge < -0.3 is 0 Å². The summed E-state index contributed by atoms with van der Waals surface area (Å²) in [5, 5.41) is 0. The van der Waals surface area contributed by atoms with Gasteiger partial charge in [-0.15, -0.1) is 24.8 Å². The zero-order valence-electron chi connectivity index (χ0n) is 15.6. The molecular weight excluding hydrogens is 475 g/mol.